The second-order valence-electron chi connectivity index (χ2n) is 7.90. The minimum Gasteiger partial charge on any atom is -0.494 e. The number of nitrogens with zero attached hydrogens (tertiary/aromatic N) is 3. The van der Waals surface area contributed by atoms with Crippen molar-refractivity contribution in [3.05, 3.63) is 58.4 Å². The van der Waals surface area contributed by atoms with Crippen LogP contribution in [0.2, 0.25) is 0 Å². The number of likely N-dealkylation sites (tertiary alicyclic amines) is 1. The van der Waals surface area contributed by atoms with Gasteiger partial charge in [0.2, 0.25) is 0 Å². The first-order valence-electron chi connectivity index (χ1n) is 10.6. The van der Waals surface area contributed by atoms with Crippen LogP contribution in [-0.2, 0) is 7.05 Å². The molecule has 29 heavy (non-hydrogen) atoms. The molecule has 0 radical (unpaired) electrons. The number of hydrogen-bond donors (Lipinski definition) is 0. The van der Waals surface area contributed by atoms with Crippen molar-refractivity contribution in [3.63, 3.8) is 0 Å². The van der Waals surface area contributed by atoms with Gasteiger partial charge in [-0.15, -0.1) is 0 Å². The molecule has 2 heterocycles. The third kappa shape index (κ3) is 4.35. The first-order chi connectivity index (χ1) is 14.1. The number of rotatable bonds is 6. The van der Waals surface area contributed by atoms with E-state index in [9.17, 15) is 4.79 Å². The summed E-state index contributed by atoms with van der Waals surface area (Å²) >= 11 is 0. The molecule has 0 aliphatic carbocycles. The van der Waals surface area contributed by atoms with Crippen molar-refractivity contribution in [3.8, 4) is 17.1 Å². The second kappa shape index (κ2) is 8.78. The van der Waals surface area contributed by atoms with Gasteiger partial charge in [0.05, 0.1) is 17.5 Å². The number of ether oxygens (including phenoxy) is 1. The third-order valence-electron chi connectivity index (χ3n) is 5.76. The Morgan fingerprint density at radius 3 is 2.55 bits per heavy atom. The van der Waals surface area contributed by atoms with Gasteiger partial charge < -0.3 is 9.64 Å². The third-order valence-corrected chi connectivity index (χ3v) is 5.76. The van der Waals surface area contributed by atoms with Crippen molar-refractivity contribution in [2.75, 3.05) is 26.2 Å². The largest absolute Gasteiger partial charge is 0.494 e. The van der Waals surface area contributed by atoms with Crippen LogP contribution in [0.1, 0.15) is 31.2 Å². The summed E-state index contributed by atoms with van der Waals surface area (Å²) in [6.07, 6.45) is 5.07. The number of benzene rings is 2. The summed E-state index contributed by atoms with van der Waals surface area (Å²) in [7, 11) is 1.78. The second-order valence-corrected chi connectivity index (χ2v) is 7.90. The van der Waals surface area contributed by atoms with Crippen LogP contribution in [0.4, 0.5) is 0 Å². The maximum absolute atomic E-state index is 12.8. The number of fused-ring (bicyclic) bond motifs is 1. The van der Waals surface area contributed by atoms with Gasteiger partial charge in [-0.3, -0.25) is 9.36 Å². The van der Waals surface area contributed by atoms with Gasteiger partial charge in [0.25, 0.3) is 5.56 Å². The first-order valence-corrected chi connectivity index (χ1v) is 10.6. The minimum atomic E-state index is -0.0128. The minimum absolute atomic E-state index is 0.0128. The summed E-state index contributed by atoms with van der Waals surface area (Å²) in [5, 5.41) is 0.687. The van der Waals surface area contributed by atoms with Gasteiger partial charge in [0, 0.05) is 19.2 Å². The lowest BCUT2D eigenvalue weighted by Gasteiger charge is -2.26. The average molecular weight is 392 g/mol. The predicted molar refractivity (Wildman–Crippen MR) is 118 cm³/mol. The van der Waals surface area contributed by atoms with Crippen LogP contribution in [0.25, 0.3) is 22.3 Å². The lowest BCUT2D eigenvalue weighted by molar-refractivity contribution is 0.205. The van der Waals surface area contributed by atoms with Crippen molar-refractivity contribution in [1.82, 2.24) is 14.5 Å². The van der Waals surface area contributed by atoms with Crippen molar-refractivity contribution in [1.29, 1.82) is 0 Å². The van der Waals surface area contributed by atoms with Gasteiger partial charge in [0.15, 0.2) is 0 Å². The highest BCUT2D eigenvalue weighted by atomic mass is 16.5. The van der Waals surface area contributed by atoms with E-state index in [1.807, 2.05) is 49.4 Å². The molecule has 2 aromatic carbocycles. The first kappa shape index (κ1) is 19.6. The van der Waals surface area contributed by atoms with Crippen molar-refractivity contribution in [2.24, 2.45) is 7.05 Å². The van der Waals surface area contributed by atoms with Gasteiger partial charge >= 0.3 is 0 Å². The van der Waals surface area contributed by atoms with Gasteiger partial charge in [0.1, 0.15) is 11.6 Å². The Kier molecular flexibility index (Phi) is 5.95. The standard InChI is InChI=1S/C24H29N3O2/c1-18-8-6-9-21-22(18)24(28)26(2)23(25-21)19-10-12-20(13-11-19)29-17-7-16-27-14-4-3-5-15-27/h6,8-13H,3-5,7,14-17H2,1-2H3. The normalized spacial score (nSPS) is 15.0. The summed E-state index contributed by atoms with van der Waals surface area (Å²) in [6.45, 7) is 6.24. The molecule has 1 fully saturated rings. The average Bonchev–Trinajstić information content (AvgIpc) is 2.75. The number of aryl methyl sites for hydroxylation is 1. The van der Waals surface area contributed by atoms with E-state index in [-0.39, 0.29) is 5.56 Å². The Balaban J connectivity index is 1.44. The molecule has 1 aliphatic heterocycles. The summed E-state index contributed by atoms with van der Waals surface area (Å²) < 4.78 is 7.54. The quantitative estimate of drug-likeness (QED) is 0.592. The molecular formula is C24H29N3O2. The molecular weight excluding hydrogens is 362 g/mol. The molecule has 0 spiro atoms. The fourth-order valence-corrected chi connectivity index (χ4v) is 4.10. The van der Waals surface area contributed by atoms with Crippen molar-refractivity contribution >= 4 is 10.9 Å². The number of piperidine rings is 1. The summed E-state index contributed by atoms with van der Waals surface area (Å²) in [5.74, 6) is 1.53. The van der Waals surface area contributed by atoms with Gasteiger partial charge in [-0.2, -0.15) is 0 Å². The predicted octanol–water partition coefficient (Wildman–Crippen LogP) is 4.16. The monoisotopic (exact) mass is 391 g/mol. The zero-order valence-corrected chi connectivity index (χ0v) is 17.4. The molecule has 1 saturated heterocycles. The van der Waals surface area contributed by atoms with E-state index in [0.717, 1.165) is 42.0 Å². The van der Waals surface area contributed by atoms with Crippen LogP contribution in [0, 0.1) is 6.92 Å². The van der Waals surface area contributed by atoms with E-state index < -0.39 is 0 Å². The van der Waals surface area contributed by atoms with E-state index >= 15 is 0 Å². The Morgan fingerprint density at radius 2 is 1.79 bits per heavy atom. The Bertz CT molecular complexity index is 1030. The van der Waals surface area contributed by atoms with Gasteiger partial charge in [-0.05, 0) is 75.2 Å². The van der Waals surface area contributed by atoms with Crippen molar-refractivity contribution < 1.29 is 4.74 Å². The molecule has 152 valence electrons. The molecule has 5 heteroatoms. The van der Waals surface area contributed by atoms with E-state index in [2.05, 4.69) is 4.90 Å². The van der Waals surface area contributed by atoms with Crippen LogP contribution in [0.15, 0.2) is 47.3 Å². The van der Waals surface area contributed by atoms with Crippen LogP contribution < -0.4 is 10.3 Å². The number of aromatic nitrogens is 2. The molecule has 5 nitrogen and oxygen atoms in total. The Morgan fingerprint density at radius 1 is 1.03 bits per heavy atom. The van der Waals surface area contributed by atoms with Gasteiger partial charge in [-0.25, -0.2) is 4.98 Å². The summed E-state index contributed by atoms with van der Waals surface area (Å²) in [5.41, 5.74) is 2.59. The molecule has 0 bridgehead atoms. The van der Waals surface area contributed by atoms with Crippen LogP contribution in [-0.4, -0.2) is 40.7 Å². The molecule has 1 aliphatic rings. The molecule has 0 amide bonds. The van der Waals surface area contributed by atoms with Gasteiger partial charge in [-0.1, -0.05) is 18.6 Å². The molecule has 4 rings (SSSR count). The summed E-state index contributed by atoms with van der Waals surface area (Å²) in [6, 6.07) is 13.7. The highest BCUT2D eigenvalue weighted by Crippen LogP contribution is 2.22. The molecule has 0 atom stereocenters. The van der Waals surface area contributed by atoms with E-state index in [1.165, 1.54) is 32.4 Å². The fraction of sp³-hybridized carbons (Fsp3) is 0.417. The zero-order chi connectivity index (χ0) is 20.2. The van der Waals surface area contributed by atoms with E-state index in [0.29, 0.717) is 11.2 Å². The molecule has 0 unspecified atom stereocenters. The zero-order valence-electron chi connectivity index (χ0n) is 17.4. The molecule has 3 aromatic rings. The molecule has 0 N–H and O–H groups in total. The fourth-order valence-electron chi connectivity index (χ4n) is 4.10. The van der Waals surface area contributed by atoms with Crippen molar-refractivity contribution in [2.45, 2.75) is 32.6 Å². The van der Waals surface area contributed by atoms with E-state index in [1.54, 1.807) is 11.6 Å². The molecule has 0 saturated carbocycles. The number of hydrogen-bond acceptors (Lipinski definition) is 4. The Labute approximate surface area is 171 Å². The van der Waals surface area contributed by atoms with Crippen LogP contribution in [0.3, 0.4) is 0 Å². The maximum Gasteiger partial charge on any atom is 0.261 e. The lowest BCUT2D eigenvalue weighted by atomic mass is 10.1. The highest BCUT2D eigenvalue weighted by molar-refractivity contribution is 5.82. The lowest BCUT2D eigenvalue weighted by Crippen LogP contribution is -2.31. The van der Waals surface area contributed by atoms with Crippen LogP contribution >= 0.6 is 0 Å². The SMILES string of the molecule is Cc1cccc2nc(-c3ccc(OCCCN4CCCCC4)cc3)n(C)c(=O)c12. The highest BCUT2D eigenvalue weighted by Gasteiger charge is 2.12. The van der Waals surface area contributed by atoms with E-state index in [4.69, 9.17) is 9.72 Å². The maximum atomic E-state index is 12.8. The summed E-state index contributed by atoms with van der Waals surface area (Å²) in [4.78, 5) is 20.1. The van der Waals surface area contributed by atoms with Crippen LogP contribution in [0.5, 0.6) is 5.75 Å². The smallest absolute Gasteiger partial charge is 0.261 e. The topological polar surface area (TPSA) is 47.4 Å². The molecule has 1 aromatic heterocycles. The Hall–Kier alpha value is -2.66.